The van der Waals surface area contributed by atoms with E-state index in [0.717, 1.165) is 24.8 Å². The Hall–Kier alpha value is -1.88. The minimum atomic E-state index is -0.117. The lowest BCUT2D eigenvalue weighted by Crippen LogP contribution is -2.39. The first-order valence-corrected chi connectivity index (χ1v) is 8.43. The number of hydrogen-bond donors (Lipinski definition) is 3. The first-order valence-electron chi connectivity index (χ1n) is 8.43. The Morgan fingerprint density at radius 1 is 1.09 bits per heavy atom. The molecule has 0 aliphatic heterocycles. The highest BCUT2D eigenvalue weighted by molar-refractivity contribution is 5.94. The molecule has 1 aliphatic rings. The van der Waals surface area contributed by atoms with Gasteiger partial charge in [0, 0.05) is 31.1 Å². The van der Waals surface area contributed by atoms with Crippen molar-refractivity contribution in [3.8, 4) is 0 Å². The van der Waals surface area contributed by atoms with E-state index in [9.17, 15) is 9.59 Å². The fraction of sp³-hybridized carbons (Fsp3) is 0.556. The average molecular weight is 317 g/mol. The highest BCUT2D eigenvalue weighted by atomic mass is 16.2. The molecule has 2 atom stereocenters. The van der Waals surface area contributed by atoms with Gasteiger partial charge in [-0.25, -0.2) is 0 Å². The van der Waals surface area contributed by atoms with Gasteiger partial charge >= 0.3 is 0 Å². The highest BCUT2D eigenvalue weighted by Crippen LogP contribution is 2.25. The van der Waals surface area contributed by atoms with Gasteiger partial charge < -0.3 is 16.4 Å². The van der Waals surface area contributed by atoms with Crippen LogP contribution in [0.25, 0.3) is 0 Å². The maximum atomic E-state index is 11.9. The minimum absolute atomic E-state index is 0.0249. The molecule has 5 nitrogen and oxygen atoms in total. The van der Waals surface area contributed by atoms with Crippen molar-refractivity contribution >= 4 is 11.8 Å². The first kappa shape index (κ1) is 17.5. The number of carbonyl (C=O) groups excluding carboxylic acids is 2. The number of amides is 2. The molecule has 1 saturated carbocycles. The Labute approximate surface area is 138 Å². The number of nitrogens with two attached hydrogens (primary N) is 1. The van der Waals surface area contributed by atoms with Gasteiger partial charge in [0.1, 0.15) is 0 Å². The summed E-state index contributed by atoms with van der Waals surface area (Å²) in [6, 6.07) is 7.56. The number of hydrogen-bond acceptors (Lipinski definition) is 3. The number of nitrogens with one attached hydrogen (secondary N) is 2. The molecule has 0 saturated heterocycles. The van der Waals surface area contributed by atoms with Gasteiger partial charge in [0.2, 0.25) is 5.91 Å². The maximum absolute atomic E-state index is 11.9. The van der Waals surface area contributed by atoms with Crippen LogP contribution in [0.2, 0.25) is 0 Å². The number of rotatable bonds is 6. The molecule has 1 fully saturated rings. The maximum Gasteiger partial charge on any atom is 0.251 e. The summed E-state index contributed by atoms with van der Waals surface area (Å²) in [5.74, 6) is 0.205. The van der Waals surface area contributed by atoms with E-state index in [4.69, 9.17) is 5.73 Å². The van der Waals surface area contributed by atoms with Crippen LogP contribution in [0.4, 0.5) is 0 Å². The molecule has 5 heteroatoms. The molecule has 1 aromatic carbocycles. The van der Waals surface area contributed by atoms with Gasteiger partial charge in [-0.1, -0.05) is 30.5 Å². The van der Waals surface area contributed by atoms with E-state index >= 15 is 0 Å². The molecule has 1 aliphatic carbocycles. The molecule has 0 heterocycles. The molecule has 2 amide bonds. The monoisotopic (exact) mass is 317 g/mol. The molecule has 0 aromatic heterocycles. The normalized spacial score (nSPS) is 20.8. The van der Waals surface area contributed by atoms with E-state index < -0.39 is 0 Å². The molecule has 4 N–H and O–H groups in total. The SMILES string of the molecule is Cc1ccc(C(=O)NCCNC(=O)CC2CCCCC2N)cc1. The number of benzene rings is 1. The van der Waals surface area contributed by atoms with Crippen molar-refractivity contribution in [1.82, 2.24) is 10.6 Å². The van der Waals surface area contributed by atoms with Crippen LogP contribution in [0.3, 0.4) is 0 Å². The van der Waals surface area contributed by atoms with Crippen LogP contribution >= 0.6 is 0 Å². The predicted octanol–water partition coefficient (Wildman–Crippen LogP) is 1.75. The summed E-state index contributed by atoms with van der Waals surface area (Å²) in [5.41, 5.74) is 7.81. The van der Waals surface area contributed by atoms with Crippen molar-refractivity contribution in [2.45, 2.75) is 45.1 Å². The second-order valence-electron chi connectivity index (χ2n) is 6.38. The zero-order chi connectivity index (χ0) is 16.7. The third kappa shape index (κ3) is 5.67. The standard InChI is InChI=1S/C18H27N3O2/c1-13-6-8-14(9-7-13)18(23)21-11-10-20-17(22)12-15-4-2-3-5-16(15)19/h6-9,15-16H,2-5,10-12,19H2,1H3,(H,20,22)(H,21,23). The van der Waals surface area contributed by atoms with Crippen LogP contribution in [0.1, 0.15) is 48.0 Å². The van der Waals surface area contributed by atoms with Crippen molar-refractivity contribution in [2.75, 3.05) is 13.1 Å². The summed E-state index contributed by atoms with van der Waals surface area (Å²) >= 11 is 0. The molecule has 2 unspecified atom stereocenters. The molecule has 0 radical (unpaired) electrons. The number of carbonyl (C=O) groups is 2. The molecular formula is C18H27N3O2. The van der Waals surface area contributed by atoms with E-state index in [1.165, 1.54) is 6.42 Å². The molecular weight excluding hydrogens is 290 g/mol. The third-order valence-electron chi connectivity index (χ3n) is 4.46. The van der Waals surface area contributed by atoms with Crippen molar-refractivity contribution < 1.29 is 9.59 Å². The van der Waals surface area contributed by atoms with Crippen LogP contribution in [0, 0.1) is 12.8 Å². The zero-order valence-corrected chi connectivity index (χ0v) is 13.8. The predicted molar refractivity (Wildman–Crippen MR) is 91.1 cm³/mol. The molecule has 1 aromatic rings. The molecule has 0 bridgehead atoms. The molecule has 23 heavy (non-hydrogen) atoms. The lowest BCUT2D eigenvalue weighted by atomic mass is 9.83. The van der Waals surface area contributed by atoms with Gasteiger partial charge in [-0.2, -0.15) is 0 Å². The Morgan fingerprint density at radius 2 is 1.74 bits per heavy atom. The average Bonchev–Trinajstić information content (AvgIpc) is 2.54. The second-order valence-corrected chi connectivity index (χ2v) is 6.38. The quantitative estimate of drug-likeness (QED) is 0.699. The summed E-state index contributed by atoms with van der Waals surface area (Å²) in [5, 5.41) is 5.67. The Morgan fingerprint density at radius 3 is 2.43 bits per heavy atom. The van der Waals surface area contributed by atoms with Crippen molar-refractivity contribution in [3.05, 3.63) is 35.4 Å². The lowest BCUT2D eigenvalue weighted by Gasteiger charge is -2.27. The van der Waals surface area contributed by atoms with Crippen LogP contribution in [0.5, 0.6) is 0 Å². The van der Waals surface area contributed by atoms with Gasteiger partial charge in [-0.05, 0) is 37.8 Å². The van der Waals surface area contributed by atoms with E-state index in [2.05, 4.69) is 10.6 Å². The smallest absolute Gasteiger partial charge is 0.251 e. The van der Waals surface area contributed by atoms with Crippen molar-refractivity contribution in [2.24, 2.45) is 11.7 Å². The number of aryl methyl sites for hydroxylation is 1. The Balaban J connectivity index is 1.63. The Kier molecular flexibility index (Phi) is 6.59. The summed E-state index contributed by atoms with van der Waals surface area (Å²) < 4.78 is 0. The van der Waals surface area contributed by atoms with Crippen molar-refractivity contribution in [1.29, 1.82) is 0 Å². The van der Waals surface area contributed by atoms with Gasteiger partial charge in [0.25, 0.3) is 5.91 Å². The fourth-order valence-corrected chi connectivity index (χ4v) is 2.99. The van der Waals surface area contributed by atoms with Gasteiger partial charge in [-0.15, -0.1) is 0 Å². The second kappa shape index (κ2) is 8.67. The molecule has 0 spiro atoms. The highest BCUT2D eigenvalue weighted by Gasteiger charge is 2.23. The fourth-order valence-electron chi connectivity index (χ4n) is 2.99. The molecule has 2 rings (SSSR count). The van der Waals surface area contributed by atoms with E-state index in [1.807, 2.05) is 19.1 Å². The first-order chi connectivity index (χ1) is 11.1. The summed E-state index contributed by atoms with van der Waals surface area (Å²) in [7, 11) is 0. The van der Waals surface area contributed by atoms with Crippen molar-refractivity contribution in [3.63, 3.8) is 0 Å². The zero-order valence-electron chi connectivity index (χ0n) is 13.8. The third-order valence-corrected chi connectivity index (χ3v) is 4.46. The van der Waals surface area contributed by atoms with E-state index in [1.54, 1.807) is 12.1 Å². The summed E-state index contributed by atoms with van der Waals surface area (Å²) in [6.07, 6.45) is 4.89. The largest absolute Gasteiger partial charge is 0.354 e. The van der Waals surface area contributed by atoms with Crippen LogP contribution in [-0.2, 0) is 4.79 Å². The van der Waals surface area contributed by atoms with Crippen LogP contribution in [-0.4, -0.2) is 30.9 Å². The van der Waals surface area contributed by atoms with Gasteiger partial charge in [0.05, 0.1) is 0 Å². The van der Waals surface area contributed by atoms with Crippen LogP contribution in [0.15, 0.2) is 24.3 Å². The lowest BCUT2D eigenvalue weighted by molar-refractivity contribution is -0.122. The summed E-state index contributed by atoms with van der Waals surface area (Å²) in [4.78, 5) is 23.8. The molecule has 126 valence electrons. The summed E-state index contributed by atoms with van der Waals surface area (Å²) in [6.45, 7) is 2.85. The van der Waals surface area contributed by atoms with E-state index in [-0.39, 0.29) is 17.9 Å². The van der Waals surface area contributed by atoms with Crippen LogP contribution < -0.4 is 16.4 Å². The van der Waals surface area contributed by atoms with Gasteiger partial charge in [0.15, 0.2) is 0 Å². The minimum Gasteiger partial charge on any atom is -0.354 e. The Bertz CT molecular complexity index is 528. The van der Waals surface area contributed by atoms with E-state index in [0.29, 0.717) is 31.0 Å². The van der Waals surface area contributed by atoms with Gasteiger partial charge in [-0.3, -0.25) is 9.59 Å². The topological polar surface area (TPSA) is 84.2 Å².